The average Bonchev–Trinajstić information content (AvgIpc) is 2.75. The van der Waals surface area contributed by atoms with Crippen molar-refractivity contribution in [3.8, 4) is 0 Å². The largest absolute Gasteiger partial charge is 1.00 e. The number of carboxylic acids is 1. The van der Waals surface area contributed by atoms with Gasteiger partial charge < -0.3 is 30.3 Å². The standard InChI is InChI=1S/C23H47O7PS.H3N.Na/c1-3-5-6-7-8-9-10-11-12-13-14-15-16-17-18-29-31(27,28)30-19-21(24)20-32-22(4-2)23(25)26;;/h21-22,24H,3-20H2,1-2H3,(H,25,26)(H,27,28);1H3;/q;;+1/p-1. The van der Waals surface area contributed by atoms with Crippen molar-refractivity contribution >= 4 is 25.6 Å². The number of phosphoric ester groups is 1. The molecule has 0 aliphatic heterocycles. The summed E-state index contributed by atoms with van der Waals surface area (Å²) in [5.74, 6) is -0.861. The maximum absolute atomic E-state index is 11.7. The van der Waals surface area contributed by atoms with Crippen molar-refractivity contribution in [2.24, 2.45) is 0 Å². The van der Waals surface area contributed by atoms with Crippen LogP contribution in [0.3, 0.4) is 0 Å². The van der Waals surface area contributed by atoms with Crippen molar-refractivity contribution in [2.75, 3.05) is 19.0 Å². The predicted molar refractivity (Wildman–Crippen MR) is 135 cm³/mol. The van der Waals surface area contributed by atoms with E-state index < -0.39 is 31.8 Å². The van der Waals surface area contributed by atoms with E-state index in [-0.39, 0.29) is 48.1 Å². The molecule has 0 spiro atoms. The number of carbonyl (C=O) groups is 1. The Labute approximate surface area is 234 Å². The van der Waals surface area contributed by atoms with Gasteiger partial charge >= 0.3 is 35.5 Å². The maximum atomic E-state index is 11.7. The molecule has 34 heavy (non-hydrogen) atoms. The molecule has 200 valence electrons. The molecule has 0 radical (unpaired) electrons. The summed E-state index contributed by atoms with van der Waals surface area (Å²) < 4.78 is 21.3. The molecule has 8 nitrogen and oxygen atoms in total. The minimum Gasteiger partial charge on any atom is -0.756 e. The van der Waals surface area contributed by atoms with E-state index in [1.807, 2.05) is 0 Å². The van der Waals surface area contributed by atoms with Crippen molar-refractivity contribution in [2.45, 2.75) is 122 Å². The summed E-state index contributed by atoms with van der Waals surface area (Å²) in [6.45, 7) is 3.64. The Hall–Kier alpha value is 0.850. The number of carboxylic acid groups (broad SMARTS) is 1. The fourth-order valence-corrected chi connectivity index (χ4v) is 5.04. The first-order valence-electron chi connectivity index (χ1n) is 12.4. The normalized spacial score (nSPS) is 14.5. The Bertz CT molecular complexity index is 506. The number of aliphatic hydroxyl groups excluding tert-OH is 1. The summed E-state index contributed by atoms with van der Waals surface area (Å²) in [6.07, 6.45) is 16.5. The molecule has 0 aromatic rings. The summed E-state index contributed by atoms with van der Waals surface area (Å²) in [7, 11) is -4.44. The zero-order chi connectivity index (χ0) is 24.1. The van der Waals surface area contributed by atoms with E-state index in [0.29, 0.717) is 12.8 Å². The Morgan fingerprint density at radius 1 is 0.882 bits per heavy atom. The molecule has 3 unspecified atom stereocenters. The second kappa shape index (κ2) is 26.9. The Morgan fingerprint density at radius 2 is 1.32 bits per heavy atom. The number of phosphoric acid groups is 1. The van der Waals surface area contributed by atoms with Crippen molar-refractivity contribution in [3.63, 3.8) is 0 Å². The van der Waals surface area contributed by atoms with Gasteiger partial charge in [0.05, 0.1) is 19.3 Å². The van der Waals surface area contributed by atoms with Crippen LogP contribution in [0.4, 0.5) is 0 Å². The number of thioether (sulfide) groups is 1. The van der Waals surface area contributed by atoms with Crippen molar-refractivity contribution < 1.29 is 63.1 Å². The first kappa shape index (κ1) is 39.4. The van der Waals surface area contributed by atoms with Crippen LogP contribution in [0.25, 0.3) is 0 Å². The van der Waals surface area contributed by atoms with Crippen LogP contribution in [-0.4, -0.2) is 46.5 Å². The van der Waals surface area contributed by atoms with Gasteiger partial charge in [-0.3, -0.25) is 9.36 Å². The monoisotopic (exact) mass is 537 g/mol. The molecule has 0 rings (SSSR count). The zero-order valence-corrected chi connectivity index (χ0v) is 25.6. The van der Waals surface area contributed by atoms with Gasteiger partial charge in [-0.05, 0) is 12.8 Å². The second-order valence-electron chi connectivity index (χ2n) is 8.39. The number of hydrogen-bond donors (Lipinski definition) is 3. The van der Waals surface area contributed by atoms with Gasteiger partial charge in [0, 0.05) is 5.75 Å². The Morgan fingerprint density at radius 3 is 1.74 bits per heavy atom. The van der Waals surface area contributed by atoms with Crippen LogP contribution in [0.5, 0.6) is 0 Å². The Kier molecular flexibility index (Phi) is 31.1. The summed E-state index contributed by atoms with van der Waals surface area (Å²) in [4.78, 5) is 22.7. The van der Waals surface area contributed by atoms with Crippen LogP contribution in [-0.2, 0) is 18.4 Å². The van der Waals surface area contributed by atoms with Crippen LogP contribution in [0, 0.1) is 0 Å². The zero-order valence-electron chi connectivity index (χ0n) is 21.9. The van der Waals surface area contributed by atoms with Crippen molar-refractivity contribution in [1.29, 1.82) is 0 Å². The van der Waals surface area contributed by atoms with Gasteiger partial charge in [-0.25, -0.2) is 0 Å². The summed E-state index contributed by atoms with van der Waals surface area (Å²) >= 11 is 1.07. The second-order valence-corrected chi connectivity index (χ2v) is 11.0. The topological polar surface area (TPSA) is 151 Å². The third-order valence-electron chi connectivity index (χ3n) is 5.31. The quantitative estimate of drug-likeness (QED) is 0.0958. The fraction of sp³-hybridized carbons (Fsp3) is 0.957. The molecule has 0 saturated carbocycles. The smallest absolute Gasteiger partial charge is 0.756 e. The molecule has 0 bridgehead atoms. The fourth-order valence-electron chi connectivity index (χ4n) is 3.33. The van der Waals surface area contributed by atoms with E-state index in [1.165, 1.54) is 70.6 Å². The van der Waals surface area contributed by atoms with E-state index in [1.54, 1.807) is 6.92 Å². The molecule has 0 aliphatic carbocycles. The van der Waals surface area contributed by atoms with E-state index in [4.69, 9.17) is 14.2 Å². The molecule has 0 aliphatic rings. The van der Waals surface area contributed by atoms with Gasteiger partial charge in [0.2, 0.25) is 0 Å². The molecule has 0 saturated heterocycles. The number of aliphatic carboxylic acids is 1. The van der Waals surface area contributed by atoms with Crippen LogP contribution in [0.1, 0.15) is 110 Å². The molecule has 3 atom stereocenters. The van der Waals surface area contributed by atoms with E-state index in [9.17, 15) is 19.4 Å². The Balaban J connectivity index is -0.00000480. The molecule has 0 aromatic heterocycles. The molecule has 5 N–H and O–H groups in total. The number of hydrogen-bond acceptors (Lipinski definition) is 8. The molecule has 11 heteroatoms. The predicted octanol–water partition coefficient (Wildman–Crippen LogP) is 3.09. The third kappa shape index (κ3) is 25.9. The minimum absolute atomic E-state index is 0. The maximum Gasteiger partial charge on any atom is 1.00 e. The summed E-state index contributed by atoms with van der Waals surface area (Å²) in [5, 5.41) is 18.1. The van der Waals surface area contributed by atoms with Gasteiger partial charge in [-0.2, -0.15) is 0 Å². The van der Waals surface area contributed by atoms with Gasteiger partial charge in [0.25, 0.3) is 7.82 Å². The van der Waals surface area contributed by atoms with Crippen LogP contribution in [0.2, 0.25) is 0 Å². The van der Waals surface area contributed by atoms with Crippen molar-refractivity contribution in [1.82, 2.24) is 6.15 Å². The number of unbranched alkanes of at least 4 members (excludes halogenated alkanes) is 13. The average molecular weight is 538 g/mol. The van der Waals surface area contributed by atoms with Crippen LogP contribution < -0.4 is 40.6 Å². The minimum atomic E-state index is -4.44. The first-order valence-corrected chi connectivity index (χ1v) is 15.0. The summed E-state index contributed by atoms with van der Waals surface area (Å²) in [5.41, 5.74) is 0. The van der Waals surface area contributed by atoms with Crippen LogP contribution >= 0.6 is 19.6 Å². The van der Waals surface area contributed by atoms with E-state index in [2.05, 4.69) is 6.92 Å². The van der Waals surface area contributed by atoms with Gasteiger partial charge in [0.15, 0.2) is 0 Å². The first-order chi connectivity index (χ1) is 15.3. The van der Waals surface area contributed by atoms with E-state index in [0.717, 1.165) is 24.6 Å². The molecular weight excluding hydrogens is 488 g/mol. The van der Waals surface area contributed by atoms with Gasteiger partial charge in [0.1, 0.15) is 5.25 Å². The number of aliphatic hydroxyl groups is 1. The van der Waals surface area contributed by atoms with Crippen LogP contribution in [0.15, 0.2) is 0 Å². The SMILES string of the molecule is CCCCCCCCCCCCCCCCOP(=O)([O-])OCC(O)CSC(CC)C(=O)O.N.[Na+]. The van der Waals surface area contributed by atoms with E-state index >= 15 is 0 Å². The molecule has 0 aromatic carbocycles. The third-order valence-corrected chi connectivity index (χ3v) is 7.79. The molecule has 0 amide bonds. The number of rotatable bonds is 24. The molecular formula is C23H49NNaO7PS. The van der Waals surface area contributed by atoms with Gasteiger partial charge in [-0.1, -0.05) is 97.3 Å². The van der Waals surface area contributed by atoms with Crippen molar-refractivity contribution in [3.05, 3.63) is 0 Å². The molecule has 0 heterocycles. The summed E-state index contributed by atoms with van der Waals surface area (Å²) in [6, 6.07) is 0. The molecule has 0 fully saturated rings. The van der Waals surface area contributed by atoms with Gasteiger partial charge in [-0.15, -0.1) is 11.8 Å².